The number of allylic oxidation sites excluding steroid dienone is 5. The normalized spacial score (nSPS) is 42.7. The van der Waals surface area contributed by atoms with Crippen LogP contribution in [-0.4, -0.2) is 143 Å². The van der Waals surface area contributed by atoms with Crippen LogP contribution in [-0.2, 0) is 38.1 Å². The summed E-state index contributed by atoms with van der Waals surface area (Å²) in [4.78, 5) is 44.1. The minimum Gasteiger partial charge on any atom is -0.460 e. The van der Waals surface area contributed by atoms with Crippen LogP contribution < -0.4 is 0 Å². The maximum atomic E-state index is 14.4. The van der Waals surface area contributed by atoms with Crippen LogP contribution in [0.2, 0.25) is 0 Å². The number of ketones is 1. The van der Waals surface area contributed by atoms with Gasteiger partial charge >= 0.3 is 5.97 Å². The molecule has 14 nitrogen and oxygen atoms in total. The highest BCUT2D eigenvalue weighted by Crippen LogP contribution is 2.38. The molecule has 3 aliphatic heterocycles. The van der Waals surface area contributed by atoms with E-state index < -0.39 is 90.2 Å². The van der Waals surface area contributed by atoms with Crippen molar-refractivity contribution in [2.45, 2.75) is 192 Å². The first-order chi connectivity index (χ1) is 30.7. The lowest BCUT2D eigenvalue weighted by atomic mass is 9.78. The predicted octanol–water partition coefficient (Wildman–Crippen LogP) is 5.76. The van der Waals surface area contributed by atoms with Crippen molar-refractivity contribution in [3.8, 4) is 0 Å². The number of amides is 1. The summed E-state index contributed by atoms with van der Waals surface area (Å²) in [6.07, 6.45) is 10.6. The van der Waals surface area contributed by atoms with Crippen LogP contribution in [0, 0.1) is 35.5 Å². The van der Waals surface area contributed by atoms with E-state index >= 15 is 0 Å². The number of fused-ring (bicyclic) bond motifs is 3. The number of rotatable bonds is 6. The number of hydrogen-bond donors (Lipinski definition) is 5. The van der Waals surface area contributed by atoms with Gasteiger partial charge in [0.05, 0.1) is 36.6 Å². The fraction of sp³-hybridized carbons (Fsp3) is 0.784. The average Bonchev–Trinajstić information content (AvgIpc) is 3.28. The predicted molar refractivity (Wildman–Crippen MR) is 247 cm³/mol. The van der Waals surface area contributed by atoms with Crippen LogP contribution in [0.3, 0.4) is 0 Å². The SMILES string of the molecule is COC1CC2CCC(C)C(O)(O2)C(=O)C(=O)N2CCCCC2C(=O)OC(C(C)CC2CCC(O)C(OC)C2)CC(O)C(C)/C=C(\C)C(O)C(OC)C(O)C(C)CC(C)/C=C/C=C/C=C/1C. The quantitative estimate of drug-likeness (QED) is 0.122. The van der Waals surface area contributed by atoms with Crippen LogP contribution in [0.5, 0.6) is 0 Å². The first-order valence-electron chi connectivity index (χ1n) is 24.2. The Balaban J connectivity index is 1.70. The van der Waals surface area contributed by atoms with Crippen molar-refractivity contribution < 1.29 is 63.6 Å². The minimum absolute atomic E-state index is 0.0359. The van der Waals surface area contributed by atoms with Crippen molar-refractivity contribution >= 4 is 17.7 Å². The summed E-state index contributed by atoms with van der Waals surface area (Å²) in [7, 11) is 4.63. The number of methoxy groups -OCH3 is 3. The topological polar surface area (TPSA) is 202 Å². The van der Waals surface area contributed by atoms with Crippen molar-refractivity contribution in [2.75, 3.05) is 27.9 Å². The number of piperidine rings is 1. The molecule has 5 N–H and O–H groups in total. The Morgan fingerprint density at radius 1 is 0.815 bits per heavy atom. The van der Waals surface area contributed by atoms with E-state index in [2.05, 4.69) is 6.92 Å². The molecular weight excluding hydrogens is 835 g/mol. The Kier molecular flexibility index (Phi) is 21.5. The van der Waals surface area contributed by atoms with Gasteiger partial charge in [0.25, 0.3) is 11.7 Å². The van der Waals surface area contributed by atoms with Crippen LogP contribution in [0.15, 0.2) is 47.6 Å². The molecule has 1 amide bonds. The Labute approximate surface area is 388 Å². The second-order valence-electron chi connectivity index (χ2n) is 20.0. The van der Waals surface area contributed by atoms with Gasteiger partial charge in [-0.3, -0.25) is 9.59 Å². The molecule has 4 rings (SSSR count). The summed E-state index contributed by atoms with van der Waals surface area (Å²) in [5.41, 5.74) is 1.41. The highest BCUT2D eigenvalue weighted by molar-refractivity contribution is 6.39. The summed E-state index contributed by atoms with van der Waals surface area (Å²) < 4.78 is 29.6. The number of Topliss-reactive ketones (excluding diaryl/α,β-unsaturated/α-hetero) is 1. The summed E-state index contributed by atoms with van der Waals surface area (Å²) >= 11 is 0. The van der Waals surface area contributed by atoms with Crippen molar-refractivity contribution in [1.82, 2.24) is 4.90 Å². The first-order valence-corrected chi connectivity index (χ1v) is 24.2. The van der Waals surface area contributed by atoms with Gasteiger partial charge in [-0.1, -0.05) is 71.1 Å². The van der Waals surface area contributed by atoms with Crippen LogP contribution >= 0.6 is 0 Å². The molecule has 0 spiro atoms. The lowest BCUT2D eigenvalue weighted by molar-refractivity contribution is -0.265. The van der Waals surface area contributed by atoms with E-state index in [1.165, 1.54) is 12.0 Å². The molecule has 65 heavy (non-hydrogen) atoms. The van der Waals surface area contributed by atoms with Crippen molar-refractivity contribution in [1.29, 1.82) is 0 Å². The van der Waals surface area contributed by atoms with Gasteiger partial charge < -0.3 is 54.1 Å². The third-order valence-corrected chi connectivity index (χ3v) is 14.9. The minimum atomic E-state index is -2.41. The average molecular weight is 918 g/mol. The van der Waals surface area contributed by atoms with Gasteiger partial charge in [-0.2, -0.15) is 0 Å². The number of cyclic esters (lactones) is 1. The first kappa shape index (κ1) is 54.8. The van der Waals surface area contributed by atoms with Crippen molar-refractivity contribution in [3.05, 3.63) is 47.6 Å². The van der Waals surface area contributed by atoms with Gasteiger partial charge in [0.1, 0.15) is 24.4 Å². The van der Waals surface area contributed by atoms with Gasteiger partial charge in [0, 0.05) is 52.6 Å². The molecule has 2 saturated heterocycles. The molecule has 1 aliphatic carbocycles. The summed E-state index contributed by atoms with van der Waals surface area (Å²) in [5, 5.41) is 57.2. The lowest BCUT2D eigenvalue weighted by Gasteiger charge is -2.43. The fourth-order valence-electron chi connectivity index (χ4n) is 10.4. The Bertz CT molecular complexity index is 1660. The zero-order valence-corrected chi connectivity index (χ0v) is 40.8. The number of hydrogen-bond acceptors (Lipinski definition) is 13. The molecule has 2 bridgehead atoms. The Hall–Kier alpha value is -2.79. The number of aliphatic hydroxyl groups is 5. The maximum absolute atomic E-state index is 14.4. The fourth-order valence-corrected chi connectivity index (χ4v) is 10.4. The molecule has 3 heterocycles. The smallest absolute Gasteiger partial charge is 0.329 e. The third-order valence-electron chi connectivity index (χ3n) is 14.9. The molecule has 3 fully saturated rings. The third kappa shape index (κ3) is 14.6. The van der Waals surface area contributed by atoms with E-state index in [0.717, 1.165) is 12.0 Å². The lowest BCUT2D eigenvalue weighted by Crippen LogP contribution is -2.61. The second kappa shape index (κ2) is 25.5. The van der Waals surface area contributed by atoms with Gasteiger partial charge in [-0.25, -0.2) is 4.79 Å². The van der Waals surface area contributed by atoms with E-state index in [9.17, 15) is 39.9 Å². The van der Waals surface area contributed by atoms with Crippen LogP contribution in [0.4, 0.5) is 0 Å². The summed E-state index contributed by atoms with van der Waals surface area (Å²) in [6.45, 7) is 13.2. The molecule has 0 aromatic heterocycles. The highest BCUT2D eigenvalue weighted by atomic mass is 16.6. The molecule has 0 radical (unpaired) electrons. The summed E-state index contributed by atoms with van der Waals surface area (Å²) in [6, 6.07) is -1.10. The van der Waals surface area contributed by atoms with E-state index in [0.29, 0.717) is 63.4 Å². The second-order valence-corrected chi connectivity index (χ2v) is 20.0. The molecule has 4 aliphatic rings. The van der Waals surface area contributed by atoms with Crippen LogP contribution in [0.25, 0.3) is 0 Å². The monoisotopic (exact) mass is 918 g/mol. The van der Waals surface area contributed by atoms with Gasteiger partial charge in [0.2, 0.25) is 5.79 Å². The number of nitrogens with zero attached hydrogens (tertiary/aromatic N) is 1. The zero-order valence-electron chi connectivity index (χ0n) is 40.8. The molecule has 17 unspecified atom stereocenters. The number of aliphatic hydroxyl groups excluding tert-OH is 4. The van der Waals surface area contributed by atoms with Gasteiger partial charge in [0.15, 0.2) is 0 Å². The van der Waals surface area contributed by atoms with E-state index in [-0.39, 0.29) is 49.2 Å². The molecule has 1 saturated carbocycles. The number of ether oxygens (including phenoxy) is 5. The number of carbonyl (C=O) groups is 3. The Morgan fingerprint density at radius 2 is 1.54 bits per heavy atom. The maximum Gasteiger partial charge on any atom is 0.329 e. The molecule has 17 atom stereocenters. The molecule has 0 aromatic rings. The molecule has 14 heteroatoms. The van der Waals surface area contributed by atoms with E-state index in [4.69, 9.17) is 23.7 Å². The Morgan fingerprint density at radius 3 is 2.22 bits per heavy atom. The molecule has 370 valence electrons. The largest absolute Gasteiger partial charge is 0.460 e. The van der Waals surface area contributed by atoms with Gasteiger partial charge in [-0.15, -0.1) is 0 Å². The highest BCUT2D eigenvalue weighted by Gasteiger charge is 2.53. The molecule has 0 aromatic carbocycles. The zero-order chi connectivity index (χ0) is 48.2. The van der Waals surface area contributed by atoms with E-state index in [1.54, 1.807) is 34.1 Å². The summed E-state index contributed by atoms with van der Waals surface area (Å²) in [5.74, 6) is -6.69. The van der Waals surface area contributed by atoms with Crippen LogP contribution in [0.1, 0.15) is 126 Å². The molecular formula is C51H83NO13. The van der Waals surface area contributed by atoms with E-state index in [1.807, 2.05) is 58.1 Å². The van der Waals surface area contributed by atoms with Crippen molar-refractivity contribution in [3.63, 3.8) is 0 Å². The van der Waals surface area contributed by atoms with Gasteiger partial charge in [-0.05, 0) is 113 Å². The number of carbonyl (C=O) groups excluding carboxylic acids is 3. The number of esters is 1. The standard InChI is InChI=1S/C51H83NO13/c1-30-16-12-11-13-17-31(2)42(61-8)28-38-21-19-36(7)51(60,65-38)48(57)49(58)52-23-15-14-18-39(52)50(59)64-43(33(4)26-37-20-22-40(53)44(27-37)62-9)29-41(54)32(3)25-35(6)46(56)47(63-10)45(55)34(5)24-30/h11-13,16-17,25,30,32-34,36-47,53-56,60H,14-15,18-24,26-29H2,1-10H3/b13-11+,16-12+,31-17+,35-25+. The van der Waals surface area contributed by atoms with Crippen molar-refractivity contribution in [2.24, 2.45) is 35.5 Å².